The fourth-order valence-electron chi connectivity index (χ4n) is 2.45. The van der Waals surface area contributed by atoms with Gasteiger partial charge in [-0.1, -0.05) is 6.07 Å². The van der Waals surface area contributed by atoms with Gasteiger partial charge in [-0.05, 0) is 12.5 Å². The van der Waals surface area contributed by atoms with Crippen LogP contribution in [0, 0.1) is 0 Å². The Morgan fingerprint density at radius 1 is 1.60 bits per heavy atom. The molecule has 2 fully saturated rings. The van der Waals surface area contributed by atoms with Crippen LogP contribution >= 0.6 is 11.6 Å². The molecular formula is C11H13ClN2O. The van der Waals surface area contributed by atoms with Crippen molar-refractivity contribution in [3.05, 3.63) is 23.9 Å². The second-order valence-electron chi connectivity index (χ2n) is 4.12. The first kappa shape index (κ1) is 9.43. The molecule has 0 saturated carbocycles. The van der Waals surface area contributed by atoms with E-state index in [1.807, 2.05) is 18.3 Å². The molecule has 2 aliphatic rings. The van der Waals surface area contributed by atoms with Gasteiger partial charge in [0.25, 0.3) is 0 Å². The van der Waals surface area contributed by atoms with Crippen molar-refractivity contribution in [1.29, 1.82) is 0 Å². The van der Waals surface area contributed by atoms with Gasteiger partial charge in [-0.15, -0.1) is 11.6 Å². The topological polar surface area (TPSA) is 25.4 Å². The van der Waals surface area contributed by atoms with E-state index in [9.17, 15) is 0 Å². The molecule has 0 radical (unpaired) electrons. The maximum Gasteiger partial charge on any atom is 0.133 e. The quantitative estimate of drug-likeness (QED) is 0.717. The molecule has 0 spiro atoms. The molecule has 0 N–H and O–H groups in total. The summed E-state index contributed by atoms with van der Waals surface area (Å²) in [5.74, 6) is 1.57. The van der Waals surface area contributed by atoms with Crippen molar-refractivity contribution in [3.8, 4) is 0 Å². The number of morpholine rings is 1. The van der Waals surface area contributed by atoms with Gasteiger partial charge < -0.3 is 9.64 Å². The van der Waals surface area contributed by atoms with Gasteiger partial charge in [0, 0.05) is 18.3 Å². The first-order chi connectivity index (χ1) is 7.38. The van der Waals surface area contributed by atoms with Crippen molar-refractivity contribution in [3.63, 3.8) is 0 Å². The Bertz CT molecular complexity index is 371. The lowest BCUT2D eigenvalue weighted by Gasteiger charge is -2.29. The number of alkyl halides is 1. The molecule has 3 rings (SSSR count). The molecule has 80 valence electrons. The van der Waals surface area contributed by atoms with Crippen LogP contribution in [-0.2, 0) is 10.6 Å². The SMILES string of the molecule is ClCc1cccnc1N1CC2CC1CO2. The van der Waals surface area contributed by atoms with Crippen molar-refractivity contribution in [1.82, 2.24) is 4.98 Å². The van der Waals surface area contributed by atoms with Crippen LogP contribution in [0.25, 0.3) is 0 Å². The molecule has 3 nitrogen and oxygen atoms in total. The lowest BCUT2D eigenvalue weighted by atomic mass is 10.2. The third-order valence-corrected chi connectivity index (χ3v) is 3.47. The Labute approximate surface area is 94.0 Å². The van der Waals surface area contributed by atoms with Gasteiger partial charge in [-0.2, -0.15) is 0 Å². The van der Waals surface area contributed by atoms with E-state index in [4.69, 9.17) is 16.3 Å². The van der Waals surface area contributed by atoms with Crippen LogP contribution < -0.4 is 4.90 Å². The van der Waals surface area contributed by atoms with Gasteiger partial charge in [0.1, 0.15) is 5.82 Å². The van der Waals surface area contributed by atoms with E-state index in [1.165, 1.54) is 0 Å². The zero-order valence-electron chi connectivity index (χ0n) is 8.40. The molecule has 2 bridgehead atoms. The lowest BCUT2D eigenvalue weighted by molar-refractivity contribution is 0.0988. The van der Waals surface area contributed by atoms with Gasteiger partial charge in [-0.3, -0.25) is 0 Å². The molecule has 0 amide bonds. The van der Waals surface area contributed by atoms with Gasteiger partial charge in [0.05, 0.1) is 24.6 Å². The number of halogens is 1. The van der Waals surface area contributed by atoms with Crippen molar-refractivity contribution >= 4 is 17.4 Å². The number of anilines is 1. The first-order valence-corrected chi connectivity index (χ1v) is 5.80. The molecule has 0 aliphatic carbocycles. The summed E-state index contributed by atoms with van der Waals surface area (Å²) in [6.07, 6.45) is 3.37. The Hall–Kier alpha value is -0.800. The molecule has 3 heterocycles. The fraction of sp³-hybridized carbons (Fsp3) is 0.545. The smallest absolute Gasteiger partial charge is 0.133 e. The fourth-order valence-corrected chi connectivity index (χ4v) is 2.66. The Morgan fingerprint density at radius 2 is 2.53 bits per heavy atom. The van der Waals surface area contributed by atoms with E-state index >= 15 is 0 Å². The average molecular weight is 225 g/mol. The predicted molar refractivity (Wildman–Crippen MR) is 59.3 cm³/mol. The number of rotatable bonds is 2. The summed E-state index contributed by atoms with van der Waals surface area (Å²) in [5.41, 5.74) is 1.12. The minimum absolute atomic E-state index is 0.403. The number of nitrogens with zero attached hydrogens (tertiary/aromatic N) is 2. The van der Waals surface area contributed by atoms with E-state index in [0.717, 1.165) is 31.0 Å². The van der Waals surface area contributed by atoms with Crippen LogP contribution in [-0.4, -0.2) is 30.3 Å². The summed E-state index contributed by atoms with van der Waals surface area (Å²) >= 11 is 5.91. The zero-order valence-corrected chi connectivity index (χ0v) is 9.15. The maximum absolute atomic E-state index is 5.91. The monoisotopic (exact) mass is 224 g/mol. The van der Waals surface area contributed by atoms with Crippen LogP contribution in [0.4, 0.5) is 5.82 Å². The highest BCUT2D eigenvalue weighted by atomic mass is 35.5. The number of hydrogen-bond acceptors (Lipinski definition) is 3. The van der Waals surface area contributed by atoms with E-state index in [1.54, 1.807) is 0 Å². The average Bonchev–Trinajstić information content (AvgIpc) is 2.90. The standard InChI is InChI=1S/C11H13ClN2O/c12-5-8-2-1-3-13-11(8)14-6-10-4-9(14)7-15-10/h1-3,9-10H,4-7H2. The molecule has 2 atom stereocenters. The highest BCUT2D eigenvalue weighted by Gasteiger charge is 2.40. The lowest BCUT2D eigenvalue weighted by Crippen LogP contribution is -2.38. The number of hydrogen-bond donors (Lipinski definition) is 0. The predicted octanol–water partition coefficient (Wildman–Crippen LogP) is 1.80. The van der Waals surface area contributed by atoms with Crippen molar-refractivity contribution in [2.75, 3.05) is 18.1 Å². The zero-order chi connectivity index (χ0) is 10.3. The van der Waals surface area contributed by atoms with Crippen LogP contribution in [0.15, 0.2) is 18.3 Å². The second-order valence-corrected chi connectivity index (χ2v) is 4.38. The molecular weight excluding hydrogens is 212 g/mol. The Kier molecular flexibility index (Phi) is 2.29. The summed E-state index contributed by atoms with van der Waals surface area (Å²) in [6, 6.07) is 4.49. The molecule has 2 saturated heterocycles. The summed E-state index contributed by atoms with van der Waals surface area (Å²) in [7, 11) is 0. The van der Waals surface area contributed by atoms with Crippen molar-refractivity contribution < 1.29 is 4.74 Å². The number of aromatic nitrogens is 1. The molecule has 1 aromatic heterocycles. The molecule has 2 unspecified atom stereocenters. The molecule has 15 heavy (non-hydrogen) atoms. The maximum atomic E-state index is 5.91. The molecule has 0 aromatic carbocycles. The Balaban J connectivity index is 1.92. The van der Waals surface area contributed by atoms with E-state index in [0.29, 0.717) is 18.0 Å². The molecule has 4 heteroatoms. The van der Waals surface area contributed by atoms with Crippen LogP contribution in [0.2, 0.25) is 0 Å². The van der Waals surface area contributed by atoms with Gasteiger partial charge in [0.15, 0.2) is 0 Å². The largest absolute Gasteiger partial charge is 0.374 e. The van der Waals surface area contributed by atoms with Gasteiger partial charge in [-0.25, -0.2) is 4.98 Å². The third-order valence-electron chi connectivity index (χ3n) is 3.18. The van der Waals surface area contributed by atoms with Crippen LogP contribution in [0.3, 0.4) is 0 Å². The number of fused-ring (bicyclic) bond motifs is 2. The highest BCUT2D eigenvalue weighted by molar-refractivity contribution is 6.17. The normalized spacial score (nSPS) is 28.7. The third kappa shape index (κ3) is 1.50. The van der Waals surface area contributed by atoms with Crippen molar-refractivity contribution in [2.24, 2.45) is 0 Å². The van der Waals surface area contributed by atoms with Gasteiger partial charge in [0.2, 0.25) is 0 Å². The first-order valence-electron chi connectivity index (χ1n) is 5.26. The van der Waals surface area contributed by atoms with Gasteiger partial charge >= 0.3 is 0 Å². The van der Waals surface area contributed by atoms with Crippen LogP contribution in [0.5, 0.6) is 0 Å². The number of pyridine rings is 1. The summed E-state index contributed by atoms with van der Waals surface area (Å²) in [6.45, 7) is 1.80. The van der Waals surface area contributed by atoms with E-state index in [-0.39, 0.29) is 0 Å². The van der Waals surface area contributed by atoms with E-state index < -0.39 is 0 Å². The summed E-state index contributed by atoms with van der Waals surface area (Å²) in [5, 5.41) is 0. The minimum Gasteiger partial charge on any atom is -0.374 e. The van der Waals surface area contributed by atoms with E-state index in [2.05, 4.69) is 9.88 Å². The Morgan fingerprint density at radius 3 is 3.20 bits per heavy atom. The van der Waals surface area contributed by atoms with Crippen LogP contribution in [0.1, 0.15) is 12.0 Å². The summed E-state index contributed by atoms with van der Waals surface area (Å²) in [4.78, 5) is 6.78. The summed E-state index contributed by atoms with van der Waals surface area (Å²) < 4.78 is 5.57. The number of ether oxygens (including phenoxy) is 1. The van der Waals surface area contributed by atoms with Crippen molar-refractivity contribution in [2.45, 2.75) is 24.4 Å². The minimum atomic E-state index is 0.403. The molecule has 1 aromatic rings. The second kappa shape index (κ2) is 3.65. The highest BCUT2D eigenvalue weighted by Crippen LogP contribution is 2.33. The molecule has 2 aliphatic heterocycles.